The molecule has 1 unspecified atom stereocenters. The molecule has 0 amide bonds. The predicted molar refractivity (Wildman–Crippen MR) is 70.0 cm³/mol. The second kappa shape index (κ2) is 6.26. The number of hydrogen-bond donors (Lipinski definition) is 1. The molecule has 0 fully saturated rings. The Kier molecular flexibility index (Phi) is 4.98. The second-order valence-electron chi connectivity index (χ2n) is 4.04. The third-order valence-corrected chi connectivity index (χ3v) is 2.94. The highest BCUT2D eigenvalue weighted by Gasteiger charge is 2.15. The van der Waals surface area contributed by atoms with Crippen LogP contribution in [0.4, 0.5) is 8.78 Å². The molecule has 0 aliphatic carbocycles. The van der Waals surface area contributed by atoms with Crippen LogP contribution in [0.3, 0.4) is 0 Å². The molecule has 2 aromatic carbocycles. The van der Waals surface area contributed by atoms with Crippen LogP contribution in [0.1, 0.15) is 30.4 Å². The van der Waals surface area contributed by atoms with Gasteiger partial charge in [0.2, 0.25) is 0 Å². The molecule has 0 saturated carbocycles. The minimum absolute atomic E-state index is 0. The molecule has 0 aliphatic rings. The lowest BCUT2D eigenvalue weighted by Crippen LogP contribution is -2.02. The average molecular weight is 249 g/mol. The Balaban J connectivity index is 0.00000162. The topological polar surface area (TPSA) is 35.0 Å². The van der Waals surface area contributed by atoms with Crippen LogP contribution in [-0.4, -0.2) is 0 Å². The molecule has 96 valence electrons. The Bertz CT molecular complexity index is 511. The molecule has 3 N–H and O–H groups in total. The van der Waals surface area contributed by atoms with E-state index >= 15 is 0 Å². The monoisotopic (exact) mass is 249 g/mol. The van der Waals surface area contributed by atoms with Gasteiger partial charge >= 0.3 is 0 Å². The number of benzene rings is 2. The van der Waals surface area contributed by atoms with Gasteiger partial charge in [-0.3, -0.25) is 0 Å². The summed E-state index contributed by atoms with van der Waals surface area (Å²) in [5.74, 6) is -0.604. The van der Waals surface area contributed by atoms with Gasteiger partial charge in [0.1, 0.15) is 11.6 Å². The summed E-state index contributed by atoms with van der Waals surface area (Å²) < 4.78 is 26.9. The van der Waals surface area contributed by atoms with Gasteiger partial charge in [0.25, 0.3) is 0 Å². The molecule has 0 aromatic heterocycles. The molecule has 0 aliphatic heterocycles. The highest BCUT2D eigenvalue weighted by atomic mass is 19.1. The van der Waals surface area contributed by atoms with E-state index in [1.807, 2.05) is 13.0 Å². The first-order valence-electron chi connectivity index (χ1n) is 5.72. The van der Waals surface area contributed by atoms with Gasteiger partial charge in [-0.2, -0.15) is 0 Å². The minimum atomic E-state index is -0.280. The van der Waals surface area contributed by atoms with Crippen LogP contribution < -0.4 is 6.15 Å². The molecule has 18 heavy (non-hydrogen) atoms. The summed E-state index contributed by atoms with van der Waals surface area (Å²) >= 11 is 0. The van der Waals surface area contributed by atoms with Crippen molar-refractivity contribution in [3.05, 3.63) is 71.3 Å². The number of rotatable bonds is 3. The van der Waals surface area contributed by atoms with E-state index in [1.54, 1.807) is 24.3 Å². The predicted octanol–water partition coefficient (Wildman–Crippen LogP) is 4.67. The van der Waals surface area contributed by atoms with Crippen molar-refractivity contribution in [2.75, 3.05) is 0 Å². The Morgan fingerprint density at radius 3 is 2.33 bits per heavy atom. The third-order valence-electron chi connectivity index (χ3n) is 2.94. The van der Waals surface area contributed by atoms with Gasteiger partial charge in [0.05, 0.1) is 0 Å². The molecule has 3 heteroatoms. The lowest BCUT2D eigenvalue weighted by molar-refractivity contribution is 0.588. The maximum atomic E-state index is 13.7. The van der Waals surface area contributed by atoms with Crippen LogP contribution in [0.25, 0.3) is 0 Å². The first-order chi connectivity index (χ1) is 8.22. The molecule has 1 nitrogen and oxygen atoms in total. The van der Waals surface area contributed by atoms with E-state index in [2.05, 4.69) is 0 Å². The van der Waals surface area contributed by atoms with Gasteiger partial charge in [0.15, 0.2) is 0 Å². The largest absolute Gasteiger partial charge is 0.344 e. The van der Waals surface area contributed by atoms with Gasteiger partial charge in [-0.05, 0) is 35.7 Å². The van der Waals surface area contributed by atoms with E-state index in [9.17, 15) is 8.78 Å². The summed E-state index contributed by atoms with van der Waals surface area (Å²) in [7, 11) is 0. The summed E-state index contributed by atoms with van der Waals surface area (Å²) in [5, 5.41) is 0. The first-order valence-corrected chi connectivity index (χ1v) is 5.72. The normalized spacial score (nSPS) is 11.7. The standard InChI is InChI=1S/C15H14F2.H3N/c1-2-13(11-6-5-7-12(16)10-11)14-8-3-4-9-15(14)17;/h3-10,13H,2H2,1H3;1H3. The van der Waals surface area contributed by atoms with Crippen LogP contribution in [-0.2, 0) is 0 Å². The van der Waals surface area contributed by atoms with Crippen molar-refractivity contribution in [2.45, 2.75) is 19.3 Å². The van der Waals surface area contributed by atoms with Crippen molar-refractivity contribution in [1.82, 2.24) is 6.15 Å². The molecule has 0 radical (unpaired) electrons. The Hall–Kier alpha value is -1.74. The number of halogens is 2. The SMILES string of the molecule is CCC(c1cccc(F)c1)c1ccccc1F.N. The Labute approximate surface area is 106 Å². The van der Waals surface area contributed by atoms with Crippen molar-refractivity contribution in [1.29, 1.82) is 0 Å². The Morgan fingerprint density at radius 2 is 1.72 bits per heavy atom. The van der Waals surface area contributed by atoms with E-state index in [4.69, 9.17) is 0 Å². The maximum Gasteiger partial charge on any atom is 0.127 e. The van der Waals surface area contributed by atoms with E-state index in [1.165, 1.54) is 18.2 Å². The van der Waals surface area contributed by atoms with E-state index < -0.39 is 0 Å². The van der Waals surface area contributed by atoms with Crippen LogP contribution >= 0.6 is 0 Å². The smallest absolute Gasteiger partial charge is 0.127 e. The third kappa shape index (κ3) is 2.93. The molecule has 2 aromatic rings. The molecular weight excluding hydrogens is 232 g/mol. The maximum absolute atomic E-state index is 13.7. The summed E-state index contributed by atoms with van der Waals surface area (Å²) in [5.41, 5.74) is 1.44. The van der Waals surface area contributed by atoms with Crippen LogP contribution in [0.15, 0.2) is 48.5 Å². The zero-order valence-electron chi connectivity index (χ0n) is 10.4. The second-order valence-corrected chi connectivity index (χ2v) is 4.04. The molecule has 1 atom stereocenters. The highest BCUT2D eigenvalue weighted by Crippen LogP contribution is 2.29. The summed E-state index contributed by atoms with van der Waals surface area (Å²) in [4.78, 5) is 0. The summed E-state index contributed by atoms with van der Waals surface area (Å²) in [6.45, 7) is 1.97. The van der Waals surface area contributed by atoms with Gasteiger partial charge in [-0.25, -0.2) is 8.78 Å². The average Bonchev–Trinajstić information content (AvgIpc) is 2.33. The van der Waals surface area contributed by atoms with Crippen molar-refractivity contribution in [2.24, 2.45) is 0 Å². The van der Waals surface area contributed by atoms with Gasteiger partial charge in [0, 0.05) is 5.92 Å². The molecule has 0 heterocycles. The number of hydrogen-bond acceptors (Lipinski definition) is 1. The van der Waals surface area contributed by atoms with E-state index in [-0.39, 0.29) is 23.7 Å². The highest BCUT2D eigenvalue weighted by molar-refractivity contribution is 5.33. The zero-order valence-corrected chi connectivity index (χ0v) is 10.4. The first kappa shape index (κ1) is 14.3. The lowest BCUT2D eigenvalue weighted by Gasteiger charge is -2.16. The van der Waals surface area contributed by atoms with Crippen LogP contribution in [0.5, 0.6) is 0 Å². The fraction of sp³-hybridized carbons (Fsp3) is 0.200. The van der Waals surface area contributed by atoms with E-state index in [0.29, 0.717) is 5.56 Å². The molecule has 2 rings (SSSR count). The zero-order chi connectivity index (χ0) is 12.3. The fourth-order valence-electron chi connectivity index (χ4n) is 2.12. The van der Waals surface area contributed by atoms with Gasteiger partial charge in [-0.15, -0.1) is 0 Å². The van der Waals surface area contributed by atoms with Crippen molar-refractivity contribution >= 4 is 0 Å². The lowest BCUT2D eigenvalue weighted by atomic mass is 9.89. The van der Waals surface area contributed by atoms with Crippen molar-refractivity contribution in [3.8, 4) is 0 Å². The quantitative estimate of drug-likeness (QED) is 0.842. The summed E-state index contributed by atoms with van der Waals surface area (Å²) in [6, 6.07) is 13.0. The Morgan fingerprint density at radius 1 is 1.00 bits per heavy atom. The van der Waals surface area contributed by atoms with Crippen molar-refractivity contribution < 1.29 is 8.78 Å². The van der Waals surface area contributed by atoms with Crippen molar-refractivity contribution in [3.63, 3.8) is 0 Å². The molecular formula is C15H17F2N. The molecule has 0 spiro atoms. The summed E-state index contributed by atoms with van der Waals surface area (Å²) in [6.07, 6.45) is 0.740. The van der Waals surface area contributed by atoms with E-state index in [0.717, 1.165) is 12.0 Å². The fourth-order valence-corrected chi connectivity index (χ4v) is 2.12. The van der Waals surface area contributed by atoms with Crippen LogP contribution in [0.2, 0.25) is 0 Å². The van der Waals surface area contributed by atoms with Crippen LogP contribution in [0, 0.1) is 11.6 Å². The molecule has 0 saturated heterocycles. The van der Waals surface area contributed by atoms with Gasteiger partial charge < -0.3 is 6.15 Å². The minimum Gasteiger partial charge on any atom is -0.344 e. The molecule has 0 bridgehead atoms. The van der Waals surface area contributed by atoms with Gasteiger partial charge in [-0.1, -0.05) is 37.3 Å².